The number of aliphatic hydroxyl groups is 1. The van der Waals surface area contributed by atoms with Crippen molar-refractivity contribution in [3.05, 3.63) is 30.1 Å². The largest absolute Gasteiger partial charge is 0.392 e. The summed E-state index contributed by atoms with van der Waals surface area (Å²) in [6.07, 6.45) is 2.68. The number of nitrogens with zero attached hydrogens (tertiary/aromatic N) is 2. The van der Waals surface area contributed by atoms with E-state index in [9.17, 15) is 5.11 Å². The molecule has 18 heavy (non-hydrogen) atoms. The Morgan fingerprint density at radius 1 is 1.39 bits per heavy atom. The van der Waals surface area contributed by atoms with Crippen molar-refractivity contribution in [3.8, 4) is 0 Å². The molecule has 3 nitrogen and oxygen atoms in total. The lowest BCUT2D eigenvalue weighted by molar-refractivity contribution is 0.100. The van der Waals surface area contributed by atoms with Crippen LogP contribution in [0.25, 0.3) is 11.0 Å². The number of hydrogen-bond acceptors (Lipinski definition) is 2. The number of fused-ring (bicyclic) bond motifs is 1. The Kier molecular flexibility index (Phi) is 2.67. The van der Waals surface area contributed by atoms with E-state index < -0.39 is 0 Å². The second-order valence-corrected chi connectivity index (χ2v) is 5.63. The van der Waals surface area contributed by atoms with Gasteiger partial charge in [-0.05, 0) is 37.3 Å². The quantitative estimate of drug-likeness (QED) is 0.898. The van der Waals surface area contributed by atoms with Crippen LogP contribution < -0.4 is 0 Å². The van der Waals surface area contributed by atoms with Crippen molar-refractivity contribution in [3.63, 3.8) is 0 Å². The van der Waals surface area contributed by atoms with Crippen molar-refractivity contribution in [2.24, 2.45) is 5.41 Å². The molecule has 1 unspecified atom stereocenters. The van der Waals surface area contributed by atoms with Gasteiger partial charge in [0, 0.05) is 13.0 Å². The molecule has 0 spiro atoms. The molecule has 1 heterocycles. The number of aliphatic hydroxyl groups excluding tert-OH is 1. The number of hydrogen-bond donors (Lipinski definition) is 1. The van der Waals surface area contributed by atoms with Crippen LogP contribution in [0.5, 0.6) is 0 Å². The van der Waals surface area contributed by atoms with Crippen molar-refractivity contribution in [1.82, 2.24) is 9.55 Å². The number of rotatable bonds is 4. The van der Waals surface area contributed by atoms with Crippen molar-refractivity contribution < 1.29 is 5.11 Å². The topological polar surface area (TPSA) is 38.0 Å². The molecule has 1 aliphatic carbocycles. The van der Waals surface area contributed by atoms with E-state index in [0.717, 1.165) is 30.7 Å². The molecule has 0 amide bonds. The summed E-state index contributed by atoms with van der Waals surface area (Å²) in [4.78, 5) is 4.67. The third-order valence-corrected chi connectivity index (χ3v) is 4.27. The second-order valence-electron chi connectivity index (χ2n) is 5.63. The summed E-state index contributed by atoms with van der Waals surface area (Å²) in [5, 5.41) is 10.3. The maximum atomic E-state index is 10.3. The van der Waals surface area contributed by atoms with Crippen LogP contribution in [0.15, 0.2) is 24.3 Å². The fraction of sp³-hybridized carbons (Fsp3) is 0.533. The molecule has 1 saturated carbocycles. The van der Waals surface area contributed by atoms with Gasteiger partial charge >= 0.3 is 0 Å². The molecule has 1 aromatic carbocycles. The van der Waals surface area contributed by atoms with E-state index in [1.165, 1.54) is 5.52 Å². The Labute approximate surface area is 107 Å². The minimum Gasteiger partial charge on any atom is -0.392 e. The standard InChI is InChI=1S/C15H20N2O/c1-3-17-12-7-5-4-6-11(12)16-14(17)10-13(18)15(2)8-9-15/h4-7,13,18H,3,8-10H2,1-2H3. The van der Waals surface area contributed by atoms with Gasteiger partial charge in [-0.25, -0.2) is 4.98 Å². The number of aryl methyl sites for hydroxylation is 1. The molecule has 0 bridgehead atoms. The molecule has 1 N–H and O–H groups in total. The van der Waals surface area contributed by atoms with Crippen LogP contribution in [-0.2, 0) is 13.0 Å². The van der Waals surface area contributed by atoms with Crippen LogP contribution in [0.4, 0.5) is 0 Å². The summed E-state index contributed by atoms with van der Waals surface area (Å²) in [7, 11) is 0. The third kappa shape index (κ3) is 1.83. The van der Waals surface area contributed by atoms with Crippen LogP contribution in [0.2, 0.25) is 0 Å². The Bertz CT molecular complexity index is 569. The van der Waals surface area contributed by atoms with Crippen molar-refractivity contribution in [1.29, 1.82) is 0 Å². The van der Waals surface area contributed by atoms with Gasteiger partial charge in [0.05, 0.1) is 17.1 Å². The first kappa shape index (κ1) is 11.7. The van der Waals surface area contributed by atoms with Gasteiger partial charge in [0.25, 0.3) is 0 Å². The number of para-hydroxylation sites is 2. The first-order valence-electron chi connectivity index (χ1n) is 6.76. The molecular formula is C15H20N2O. The molecule has 1 aromatic heterocycles. The Balaban J connectivity index is 1.95. The molecule has 1 aliphatic rings. The van der Waals surface area contributed by atoms with Crippen molar-refractivity contribution >= 4 is 11.0 Å². The summed E-state index contributed by atoms with van der Waals surface area (Å²) in [5.74, 6) is 1.01. The lowest BCUT2D eigenvalue weighted by Crippen LogP contribution is -2.23. The van der Waals surface area contributed by atoms with Crippen LogP contribution >= 0.6 is 0 Å². The Morgan fingerprint density at radius 3 is 2.78 bits per heavy atom. The summed E-state index contributed by atoms with van der Waals surface area (Å²) in [6.45, 7) is 5.19. The van der Waals surface area contributed by atoms with Crippen LogP contribution in [0.1, 0.15) is 32.5 Å². The van der Waals surface area contributed by atoms with E-state index in [1.54, 1.807) is 0 Å². The van der Waals surface area contributed by atoms with E-state index >= 15 is 0 Å². The number of benzene rings is 1. The SMILES string of the molecule is CCn1c(CC(O)C2(C)CC2)nc2ccccc21. The van der Waals surface area contributed by atoms with E-state index in [2.05, 4.69) is 29.5 Å². The summed E-state index contributed by atoms with van der Waals surface area (Å²) >= 11 is 0. The molecule has 0 saturated heterocycles. The molecule has 1 atom stereocenters. The first-order valence-corrected chi connectivity index (χ1v) is 6.76. The highest BCUT2D eigenvalue weighted by atomic mass is 16.3. The lowest BCUT2D eigenvalue weighted by Gasteiger charge is -2.17. The highest BCUT2D eigenvalue weighted by Gasteiger charge is 2.44. The summed E-state index contributed by atoms with van der Waals surface area (Å²) < 4.78 is 2.21. The fourth-order valence-corrected chi connectivity index (χ4v) is 2.58. The van der Waals surface area contributed by atoms with Gasteiger partial charge in [0.15, 0.2) is 0 Å². The molecular weight excluding hydrogens is 224 g/mol. The normalized spacial score (nSPS) is 19.1. The van der Waals surface area contributed by atoms with Gasteiger partial charge in [-0.2, -0.15) is 0 Å². The molecule has 1 fully saturated rings. The van der Waals surface area contributed by atoms with Crippen LogP contribution in [0.3, 0.4) is 0 Å². The molecule has 2 aromatic rings. The zero-order chi connectivity index (χ0) is 12.8. The smallest absolute Gasteiger partial charge is 0.112 e. The summed E-state index contributed by atoms with van der Waals surface area (Å²) in [5.41, 5.74) is 2.34. The van der Waals surface area contributed by atoms with E-state index in [-0.39, 0.29) is 11.5 Å². The maximum Gasteiger partial charge on any atom is 0.112 e. The minimum atomic E-state index is -0.264. The van der Waals surface area contributed by atoms with Gasteiger partial charge in [-0.1, -0.05) is 19.1 Å². The predicted molar refractivity (Wildman–Crippen MR) is 72.5 cm³/mol. The zero-order valence-corrected chi connectivity index (χ0v) is 11.1. The Hall–Kier alpha value is -1.35. The van der Waals surface area contributed by atoms with Crippen molar-refractivity contribution in [2.45, 2.75) is 45.8 Å². The second kappa shape index (κ2) is 4.09. The first-order chi connectivity index (χ1) is 8.64. The van der Waals surface area contributed by atoms with E-state index in [4.69, 9.17) is 0 Å². The average Bonchev–Trinajstić information content (AvgIpc) is 3.02. The molecule has 96 valence electrons. The van der Waals surface area contributed by atoms with Gasteiger partial charge in [-0.15, -0.1) is 0 Å². The van der Waals surface area contributed by atoms with Gasteiger partial charge < -0.3 is 9.67 Å². The van der Waals surface area contributed by atoms with Crippen LogP contribution in [0, 0.1) is 5.41 Å². The lowest BCUT2D eigenvalue weighted by atomic mass is 9.99. The fourth-order valence-electron chi connectivity index (χ4n) is 2.58. The van der Waals surface area contributed by atoms with Crippen molar-refractivity contribution in [2.75, 3.05) is 0 Å². The van der Waals surface area contributed by atoms with Gasteiger partial charge in [-0.3, -0.25) is 0 Å². The highest BCUT2D eigenvalue weighted by molar-refractivity contribution is 5.75. The molecule has 3 heteroatoms. The Morgan fingerprint density at radius 2 is 2.11 bits per heavy atom. The highest BCUT2D eigenvalue weighted by Crippen LogP contribution is 2.48. The zero-order valence-electron chi connectivity index (χ0n) is 11.1. The average molecular weight is 244 g/mol. The van der Waals surface area contributed by atoms with Gasteiger partial charge in [0.2, 0.25) is 0 Å². The number of imidazole rings is 1. The summed E-state index contributed by atoms with van der Waals surface area (Å²) in [6, 6.07) is 8.19. The molecule has 3 rings (SSSR count). The predicted octanol–water partition coefficient (Wildman–Crippen LogP) is 2.76. The maximum absolute atomic E-state index is 10.3. The minimum absolute atomic E-state index is 0.136. The van der Waals surface area contributed by atoms with Crippen LogP contribution in [-0.4, -0.2) is 20.8 Å². The molecule has 0 radical (unpaired) electrons. The van der Waals surface area contributed by atoms with E-state index in [0.29, 0.717) is 6.42 Å². The van der Waals surface area contributed by atoms with Gasteiger partial charge in [0.1, 0.15) is 5.82 Å². The monoisotopic (exact) mass is 244 g/mol. The number of aromatic nitrogens is 2. The van der Waals surface area contributed by atoms with E-state index in [1.807, 2.05) is 18.2 Å². The third-order valence-electron chi connectivity index (χ3n) is 4.27. The molecule has 0 aliphatic heterocycles.